The number of amides is 1. The predicted molar refractivity (Wildman–Crippen MR) is 69.9 cm³/mol. The molecule has 0 radical (unpaired) electrons. The van der Waals surface area contributed by atoms with Gasteiger partial charge in [0, 0.05) is 11.0 Å². The predicted octanol–water partition coefficient (Wildman–Crippen LogP) is 2.05. The topological polar surface area (TPSA) is 75.6 Å². The zero-order chi connectivity index (χ0) is 13.5. The van der Waals surface area contributed by atoms with E-state index in [2.05, 4.69) is 21.2 Å². The van der Waals surface area contributed by atoms with E-state index in [1.807, 2.05) is 6.92 Å². The van der Waals surface area contributed by atoms with Gasteiger partial charge in [0.05, 0.1) is 0 Å². The molecule has 1 rings (SSSR count). The minimum absolute atomic E-state index is 0.0210. The Labute approximate surface area is 113 Å². The van der Waals surface area contributed by atoms with Crippen molar-refractivity contribution in [2.75, 3.05) is 13.2 Å². The summed E-state index contributed by atoms with van der Waals surface area (Å²) in [5.74, 6) is -1.19. The van der Waals surface area contributed by atoms with E-state index < -0.39 is 5.97 Å². The molecule has 0 aromatic heterocycles. The van der Waals surface area contributed by atoms with Gasteiger partial charge in [-0.3, -0.25) is 4.79 Å². The summed E-state index contributed by atoms with van der Waals surface area (Å²) in [6.07, 6.45) is 0.838. The summed E-state index contributed by atoms with van der Waals surface area (Å²) in [6, 6.07) is 4.61. The molecule has 1 aromatic carbocycles. The van der Waals surface area contributed by atoms with Crippen molar-refractivity contribution in [2.45, 2.75) is 13.3 Å². The summed E-state index contributed by atoms with van der Waals surface area (Å²) < 4.78 is 5.84. The molecule has 2 N–H and O–H groups in total. The normalized spacial score (nSPS) is 9.89. The second-order valence-electron chi connectivity index (χ2n) is 3.58. The maximum Gasteiger partial charge on any atom is 0.339 e. The van der Waals surface area contributed by atoms with Gasteiger partial charge in [-0.15, -0.1) is 0 Å². The van der Waals surface area contributed by atoms with Crippen LogP contribution in [0.15, 0.2) is 22.7 Å². The Morgan fingerprint density at radius 1 is 1.44 bits per heavy atom. The van der Waals surface area contributed by atoms with Crippen molar-refractivity contribution in [3.8, 4) is 5.75 Å². The molecule has 0 unspecified atom stereocenters. The van der Waals surface area contributed by atoms with Crippen LogP contribution < -0.4 is 10.1 Å². The van der Waals surface area contributed by atoms with Crippen molar-refractivity contribution in [1.29, 1.82) is 0 Å². The van der Waals surface area contributed by atoms with E-state index in [1.165, 1.54) is 12.1 Å². The van der Waals surface area contributed by atoms with Gasteiger partial charge in [-0.05, 0) is 24.6 Å². The first-order valence-electron chi connectivity index (χ1n) is 5.47. The molecule has 98 valence electrons. The van der Waals surface area contributed by atoms with Gasteiger partial charge < -0.3 is 15.2 Å². The van der Waals surface area contributed by atoms with Crippen LogP contribution in [0.2, 0.25) is 0 Å². The Kier molecular flexibility index (Phi) is 5.64. The van der Waals surface area contributed by atoms with Gasteiger partial charge in [-0.25, -0.2) is 4.79 Å². The Bertz CT molecular complexity index is 448. The molecule has 0 atom stereocenters. The van der Waals surface area contributed by atoms with Gasteiger partial charge in [0.15, 0.2) is 6.61 Å². The van der Waals surface area contributed by atoms with E-state index in [1.54, 1.807) is 6.07 Å². The van der Waals surface area contributed by atoms with Crippen molar-refractivity contribution in [1.82, 2.24) is 5.32 Å². The van der Waals surface area contributed by atoms with Crippen LogP contribution in [0.4, 0.5) is 0 Å². The van der Waals surface area contributed by atoms with Crippen molar-refractivity contribution in [3.63, 3.8) is 0 Å². The first kappa shape index (κ1) is 14.5. The molecule has 6 heteroatoms. The third-order valence-electron chi connectivity index (χ3n) is 2.10. The lowest BCUT2D eigenvalue weighted by atomic mass is 10.2. The first-order chi connectivity index (χ1) is 8.54. The number of hydrogen-bond acceptors (Lipinski definition) is 3. The van der Waals surface area contributed by atoms with Crippen LogP contribution in [0.1, 0.15) is 23.7 Å². The van der Waals surface area contributed by atoms with Gasteiger partial charge in [-0.2, -0.15) is 0 Å². The van der Waals surface area contributed by atoms with Crippen LogP contribution in [-0.2, 0) is 4.79 Å². The molecular weight excluding hydrogens is 302 g/mol. The van der Waals surface area contributed by atoms with Crippen molar-refractivity contribution in [3.05, 3.63) is 28.2 Å². The number of halogens is 1. The minimum atomic E-state index is -1.10. The summed E-state index contributed by atoms with van der Waals surface area (Å²) in [5.41, 5.74) is 0.0210. The first-order valence-corrected chi connectivity index (χ1v) is 6.26. The molecule has 1 aromatic rings. The average Bonchev–Trinajstić information content (AvgIpc) is 2.34. The number of benzene rings is 1. The van der Waals surface area contributed by atoms with E-state index in [4.69, 9.17) is 9.84 Å². The molecule has 1 amide bonds. The SMILES string of the molecule is CCCNC(=O)COc1ccc(Br)cc1C(=O)O. The zero-order valence-electron chi connectivity index (χ0n) is 9.90. The highest BCUT2D eigenvalue weighted by atomic mass is 79.9. The van der Waals surface area contributed by atoms with Crippen LogP contribution in [0.5, 0.6) is 5.75 Å². The number of aromatic carboxylic acids is 1. The lowest BCUT2D eigenvalue weighted by Crippen LogP contribution is -2.29. The summed E-state index contributed by atoms with van der Waals surface area (Å²) in [5, 5.41) is 11.6. The lowest BCUT2D eigenvalue weighted by molar-refractivity contribution is -0.123. The molecule has 0 spiro atoms. The van der Waals surface area contributed by atoms with E-state index in [0.717, 1.165) is 6.42 Å². The fourth-order valence-electron chi connectivity index (χ4n) is 1.25. The molecule has 0 heterocycles. The van der Waals surface area contributed by atoms with Crippen LogP contribution in [0.25, 0.3) is 0 Å². The van der Waals surface area contributed by atoms with Crippen molar-refractivity contribution >= 4 is 27.8 Å². The molecule has 0 saturated carbocycles. The lowest BCUT2D eigenvalue weighted by Gasteiger charge is -2.09. The van der Waals surface area contributed by atoms with Gasteiger partial charge >= 0.3 is 5.97 Å². The number of nitrogens with one attached hydrogen (secondary N) is 1. The van der Waals surface area contributed by atoms with Gasteiger partial charge in [0.25, 0.3) is 5.91 Å². The highest BCUT2D eigenvalue weighted by molar-refractivity contribution is 9.10. The third kappa shape index (κ3) is 4.37. The summed E-state index contributed by atoms with van der Waals surface area (Å²) in [6.45, 7) is 2.33. The van der Waals surface area contributed by atoms with Crippen LogP contribution in [0.3, 0.4) is 0 Å². The highest BCUT2D eigenvalue weighted by Gasteiger charge is 2.13. The fourth-order valence-corrected chi connectivity index (χ4v) is 1.62. The zero-order valence-corrected chi connectivity index (χ0v) is 11.5. The van der Waals surface area contributed by atoms with Crippen molar-refractivity contribution < 1.29 is 19.4 Å². The number of carboxylic acids is 1. The molecule has 5 nitrogen and oxygen atoms in total. The summed E-state index contributed by atoms with van der Waals surface area (Å²) in [7, 11) is 0. The Hall–Kier alpha value is -1.56. The monoisotopic (exact) mass is 315 g/mol. The van der Waals surface area contributed by atoms with E-state index >= 15 is 0 Å². The summed E-state index contributed by atoms with van der Waals surface area (Å²) in [4.78, 5) is 22.3. The standard InChI is InChI=1S/C12H14BrNO4/c1-2-5-14-11(15)7-18-10-4-3-8(13)6-9(10)12(16)17/h3-4,6H,2,5,7H2,1H3,(H,14,15)(H,16,17). The molecule has 0 aliphatic heterocycles. The second-order valence-corrected chi connectivity index (χ2v) is 4.50. The van der Waals surface area contributed by atoms with Crippen molar-refractivity contribution in [2.24, 2.45) is 0 Å². The number of ether oxygens (including phenoxy) is 1. The molecule has 0 saturated heterocycles. The number of rotatable bonds is 6. The molecule has 0 bridgehead atoms. The maximum absolute atomic E-state index is 11.3. The number of carboxylic acid groups (broad SMARTS) is 1. The smallest absolute Gasteiger partial charge is 0.339 e. The maximum atomic E-state index is 11.3. The van der Waals surface area contributed by atoms with Crippen LogP contribution >= 0.6 is 15.9 Å². The van der Waals surface area contributed by atoms with Gasteiger partial charge in [-0.1, -0.05) is 22.9 Å². The van der Waals surface area contributed by atoms with Gasteiger partial charge in [0.1, 0.15) is 11.3 Å². The Balaban J connectivity index is 2.67. The van der Waals surface area contributed by atoms with E-state index in [0.29, 0.717) is 11.0 Å². The quantitative estimate of drug-likeness (QED) is 0.842. The Morgan fingerprint density at radius 3 is 2.78 bits per heavy atom. The number of carbonyl (C=O) groups excluding carboxylic acids is 1. The second kappa shape index (κ2) is 7.00. The van der Waals surface area contributed by atoms with Crippen LogP contribution in [0, 0.1) is 0 Å². The molecular formula is C12H14BrNO4. The Morgan fingerprint density at radius 2 is 2.17 bits per heavy atom. The van der Waals surface area contributed by atoms with Gasteiger partial charge in [0.2, 0.25) is 0 Å². The summed E-state index contributed by atoms with van der Waals surface area (Å²) >= 11 is 3.18. The molecule has 18 heavy (non-hydrogen) atoms. The molecule has 0 aliphatic carbocycles. The largest absolute Gasteiger partial charge is 0.483 e. The fraction of sp³-hybridized carbons (Fsp3) is 0.333. The average molecular weight is 316 g/mol. The highest BCUT2D eigenvalue weighted by Crippen LogP contribution is 2.23. The number of hydrogen-bond donors (Lipinski definition) is 2. The minimum Gasteiger partial charge on any atom is -0.483 e. The number of carbonyl (C=O) groups is 2. The molecule has 0 aliphatic rings. The van der Waals surface area contributed by atoms with Crippen LogP contribution in [-0.4, -0.2) is 30.1 Å². The molecule has 0 fully saturated rings. The van der Waals surface area contributed by atoms with E-state index in [9.17, 15) is 9.59 Å². The van der Waals surface area contributed by atoms with E-state index in [-0.39, 0.29) is 23.8 Å². The third-order valence-corrected chi connectivity index (χ3v) is 2.60.